The number of primary amides is 1. The number of thiophene rings is 1. The van der Waals surface area contributed by atoms with Gasteiger partial charge in [0.1, 0.15) is 18.0 Å². The zero-order valence-electron chi connectivity index (χ0n) is 17.2. The summed E-state index contributed by atoms with van der Waals surface area (Å²) in [7, 11) is 0. The molecule has 1 amide bonds. The van der Waals surface area contributed by atoms with E-state index >= 15 is 0 Å². The molecule has 0 spiro atoms. The molecule has 2 aromatic heterocycles. The van der Waals surface area contributed by atoms with E-state index in [0.29, 0.717) is 29.0 Å². The molecule has 0 atom stereocenters. The van der Waals surface area contributed by atoms with Crippen LogP contribution in [0.15, 0.2) is 54.2 Å². The second-order valence-electron chi connectivity index (χ2n) is 7.37. The molecule has 7 heteroatoms. The predicted molar refractivity (Wildman–Crippen MR) is 124 cm³/mol. The number of benzene rings is 2. The maximum Gasteiger partial charge on any atom is 0.248 e. The van der Waals surface area contributed by atoms with Crippen molar-refractivity contribution in [2.45, 2.75) is 26.2 Å². The van der Waals surface area contributed by atoms with Crippen LogP contribution in [-0.2, 0) is 12.8 Å². The van der Waals surface area contributed by atoms with Gasteiger partial charge in [0.05, 0.1) is 10.4 Å². The van der Waals surface area contributed by atoms with Crippen molar-refractivity contribution in [1.29, 1.82) is 0 Å². The molecule has 0 bridgehead atoms. The van der Waals surface area contributed by atoms with E-state index in [9.17, 15) is 9.18 Å². The summed E-state index contributed by atoms with van der Waals surface area (Å²) in [5.41, 5.74) is 9.58. The number of nitrogens with two attached hydrogens (primary N) is 1. The summed E-state index contributed by atoms with van der Waals surface area (Å²) in [5, 5.41) is 6.13. The lowest BCUT2D eigenvalue weighted by atomic mass is 9.98. The minimum absolute atomic E-state index is 0.172. The third-order valence-corrected chi connectivity index (χ3v) is 6.08. The lowest BCUT2D eigenvalue weighted by molar-refractivity contribution is 0.0999. The van der Waals surface area contributed by atoms with Crippen molar-refractivity contribution >= 4 is 33.1 Å². The van der Waals surface area contributed by atoms with Gasteiger partial charge < -0.3 is 11.1 Å². The van der Waals surface area contributed by atoms with E-state index in [0.717, 1.165) is 40.6 Å². The second kappa shape index (κ2) is 9.22. The fourth-order valence-electron chi connectivity index (χ4n) is 3.66. The fourth-order valence-corrected chi connectivity index (χ4v) is 4.44. The number of halogens is 1. The molecule has 0 saturated heterocycles. The maximum absolute atomic E-state index is 14.2. The van der Waals surface area contributed by atoms with Crippen LogP contribution in [0.25, 0.3) is 21.3 Å². The lowest BCUT2D eigenvalue weighted by Crippen LogP contribution is -2.13. The molecule has 0 aliphatic heterocycles. The van der Waals surface area contributed by atoms with Gasteiger partial charge in [0.15, 0.2) is 0 Å². The SMILES string of the molecule is CCCc1cc(-c2cc(NCCc3cc(F)c4sccc4c3)ncn2)ccc1C(N)=O. The highest BCUT2D eigenvalue weighted by atomic mass is 32.1. The van der Waals surface area contributed by atoms with E-state index < -0.39 is 5.91 Å². The van der Waals surface area contributed by atoms with Gasteiger partial charge in [0.25, 0.3) is 0 Å². The number of hydrogen-bond acceptors (Lipinski definition) is 5. The first kappa shape index (κ1) is 20.9. The van der Waals surface area contributed by atoms with Crippen LogP contribution in [-0.4, -0.2) is 22.4 Å². The second-order valence-corrected chi connectivity index (χ2v) is 8.28. The number of nitrogens with zero attached hydrogens (tertiary/aromatic N) is 2. The van der Waals surface area contributed by atoms with Gasteiger partial charge in [-0.05, 0) is 59.0 Å². The fraction of sp³-hybridized carbons (Fsp3) is 0.208. The first-order chi connectivity index (χ1) is 15.0. The summed E-state index contributed by atoms with van der Waals surface area (Å²) in [6, 6.07) is 13.0. The van der Waals surface area contributed by atoms with Gasteiger partial charge in [0.2, 0.25) is 5.91 Å². The van der Waals surface area contributed by atoms with E-state index in [1.807, 2.05) is 35.7 Å². The minimum Gasteiger partial charge on any atom is -0.370 e. The number of hydrogen-bond donors (Lipinski definition) is 2. The van der Waals surface area contributed by atoms with E-state index in [2.05, 4.69) is 22.2 Å². The zero-order chi connectivity index (χ0) is 21.8. The third-order valence-electron chi connectivity index (χ3n) is 5.14. The predicted octanol–water partition coefficient (Wildman–Crippen LogP) is 5.20. The van der Waals surface area contributed by atoms with Crippen LogP contribution in [0.2, 0.25) is 0 Å². The molecule has 2 heterocycles. The van der Waals surface area contributed by atoms with E-state index in [4.69, 9.17) is 5.73 Å². The smallest absolute Gasteiger partial charge is 0.248 e. The van der Waals surface area contributed by atoms with Gasteiger partial charge >= 0.3 is 0 Å². The Morgan fingerprint density at radius 3 is 2.81 bits per heavy atom. The molecule has 0 aliphatic carbocycles. The van der Waals surface area contributed by atoms with Gasteiger partial charge in [-0.25, -0.2) is 14.4 Å². The number of aryl methyl sites for hydroxylation is 1. The summed E-state index contributed by atoms with van der Waals surface area (Å²) >= 11 is 1.42. The van der Waals surface area contributed by atoms with Gasteiger partial charge in [-0.1, -0.05) is 25.5 Å². The Labute approximate surface area is 184 Å². The van der Waals surface area contributed by atoms with E-state index in [1.54, 1.807) is 12.1 Å². The summed E-state index contributed by atoms with van der Waals surface area (Å²) in [6.45, 7) is 2.68. The first-order valence-corrected chi connectivity index (χ1v) is 11.1. The molecule has 0 fully saturated rings. The Balaban J connectivity index is 1.48. The lowest BCUT2D eigenvalue weighted by Gasteiger charge is -2.10. The molecule has 31 heavy (non-hydrogen) atoms. The standard InChI is InChI=1S/C24H23FN4OS/c1-2-3-16-12-17(4-5-19(16)24(26)30)21-13-22(29-14-28-21)27-8-6-15-10-18-7-9-31-23(18)20(25)11-15/h4-5,7,9-14H,2-3,6,8H2,1H3,(H2,26,30)(H,27,28,29). The van der Waals surface area contributed by atoms with E-state index in [1.165, 1.54) is 17.7 Å². The van der Waals surface area contributed by atoms with Crippen molar-refractivity contribution in [3.63, 3.8) is 0 Å². The van der Waals surface area contributed by atoms with Gasteiger partial charge in [0, 0.05) is 23.7 Å². The summed E-state index contributed by atoms with van der Waals surface area (Å²) in [4.78, 5) is 20.3. The Bertz CT molecular complexity index is 1240. The van der Waals surface area contributed by atoms with E-state index in [-0.39, 0.29) is 5.82 Å². The number of carbonyl (C=O) groups is 1. The van der Waals surface area contributed by atoms with Crippen LogP contribution in [0.3, 0.4) is 0 Å². The first-order valence-electron chi connectivity index (χ1n) is 10.2. The quantitative estimate of drug-likeness (QED) is 0.399. The average molecular weight is 435 g/mol. The molecule has 3 N–H and O–H groups in total. The molecule has 4 rings (SSSR count). The van der Waals surface area contributed by atoms with Crippen molar-refractivity contribution < 1.29 is 9.18 Å². The average Bonchev–Trinajstić information content (AvgIpc) is 3.23. The highest BCUT2D eigenvalue weighted by Crippen LogP contribution is 2.26. The maximum atomic E-state index is 14.2. The molecular weight excluding hydrogens is 411 g/mol. The van der Waals surface area contributed by atoms with Crippen LogP contribution in [0, 0.1) is 5.82 Å². The summed E-state index contributed by atoms with van der Waals surface area (Å²) in [5.74, 6) is 0.101. The summed E-state index contributed by atoms with van der Waals surface area (Å²) < 4.78 is 14.9. The van der Waals surface area contributed by atoms with Crippen molar-refractivity contribution in [1.82, 2.24) is 9.97 Å². The zero-order valence-corrected chi connectivity index (χ0v) is 18.0. The molecule has 2 aromatic carbocycles. The molecule has 0 unspecified atom stereocenters. The van der Waals surface area contributed by atoms with Crippen LogP contribution in [0.1, 0.15) is 34.8 Å². The Morgan fingerprint density at radius 2 is 2.00 bits per heavy atom. The van der Waals surface area contributed by atoms with Crippen LogP contribution in [0.5, 0.6) is 0 Å². The van der Waals surface area contributed by atoms with Gasteiger partial charge in [-0.3, -0.25) is 4.79 Å². The minimum atomic E-state index is -0.419. The molecule has 0 saturated carbocycles. The Kier molecular flexibility index (Phi) is 6.23. The highest BCUT2D eigenvalue weighted by molar-refractivity contribution is 7.17. The number of aromatic nitrogens is 2. The van der Waals surface area contributed by atoms with Gasteiger partial charge in [-0.2, -0.15) is 0 Å². The van der Waals surface area contributed by atoms with Crippen molar-refractivity contribution in [2.24, 2.45) is 5.73 Å². The van der Waals surface area contributed by atoms with Gasteiger partial charge in [-0.15, -0.1) is 11.3 Å². The number of nitrogens with one attached hydrogen (secondary N) is 1. The Hall–Kier alpha value is -3.32. The monoisotopic (exact) mass is 434 g/mol. The van der Waals surface area contributed by atoms with Crippen molar-refractivity contribution in [3.05, 3.63) is 76.7 Å². The number of rotatable bonds is 8. The number of fused-ring (bicyclic) bond motifs is 1. The molecule has 5 nitrogen and oxygen atoms in total. The van der Waals surface area contributed by atoms with Crippen molar-refractivity contribution in [2.75, 3.05) is 11.9 Å². The van der Waals surface area contributed by atoms with Crippen LogP contribution < -0.4 is 11.1 Å². The van der Waals surface area contributed by atoms with Crippen molar-refractivity contribution in [3.8, 4) is 11.3 Å². The molecular formula is C24H23FN4OS. The summed E-state index contributed by atoms with van der Waals surface area (Å²) in [6.07, 6.45) is 3.87. The molecule has 0 aliphatic rings. The normalized spacial score (nSPS) is 11.0. The molecule has 4 aromatic rings. The largest absolute Gasteiger partial charge is 0.370 e. The molecule has 0 radical (unpaired) electrons. The van der Waals surface area contributed by atoms with Crippen LogP contribution in [0.4, 0.5) is 10.2 Å². The number of anilines is 1. The highest BCUT2D eigenvalue weighted by Gasteiger charge is 2.11. The third kappa shape index (κ3) is 4.72. The Morgan fingerprint density at radius 1 is 1.13 bits per heavy atom. The number of carbonyl (C=O) groups excluding carboxylic acids is 1. The van der Waals surface area contributed by atoms with Crippen LogP contribution >= 0.6 is 11.3 Å². The topological polar surface area (TPSA) is 80.9 Å². The molecule has 158 valence electrons. The number of amides is 1.